The average Bonchev–Trinajstić information content (AvgIpc) is 2.91. The molecule has 0 aliphatic heterocycles. The second-order valence-corrected chi connectivity index (χ2v) is 8.64. The Morgan fingerprint density at radius 2 is 1.88 bits per heavy atom. The van der Waals surface area contributed by atoms with Crippen molar-refractivity contribution in [3.63, 3.8) is 0 Å². The molecule has 0 fully saturated rings. The Kier molecular flexibility index (Phi) is 7.47. The van der Waals surface area contributed by atoms with Crippen LogP contribution in [0.5, 0.6) is 0 Å². The highest BCUT2D eigenvalue weighted by Crippen LogP contribution is 2.38. The van der Waals surface area contributed by atoms with Crippen molar-refractivity contribution in [3.8, 4) is 0 Å². The second-order valence-electron chi connectivity index (χ2n) is 8.64. The zero-order valence-corrected chi connectivity index (χ0v) is 16.8. The third-order valence-corrected chi connectivity index (χ3v) is 4.22. The third kappa shape index (κ3) is 7.46. The summed E-state index contributed by atoms with van der Waals surface area (Å²) < 4.78 is 7.00. The lowest BCUT2D eigenvalue weighted by Gasteiger charge is -2.33. The molecular weight excluding hydrogens is 318 g/mol. The summed E-state index contributed by atoms with van der Waals surface area (Å²) in [4.78, 5) is 23.0. The van der Waals surface area contributed by atoms with Crippen molar-refractivity contribution in [1.82, 2.24) is 15.0 Å². The topological polar surface area (TPSA) is 74.1 Å². The maximum Gasteiger partial charge on any atom is 0.155 e. The maximum absolute atomic E-state index is 12.1. The molecule has 0 N–H and O–H groups in total. The molecule has 0 atom stereocenters. The number of ketones is 2. The van der Waals surface area contributed by atoms with Crippen LogP contribution in [0.3, 0.4) is 0 Å². The summed E-state index contributed by atoms with van der Waals surface area (Å²) in [5, 5.41) is 8.46. The Labute approximate surface area is 151 Å². The van der Waals surface area contributed by atoms with Crippen molar-refractivity contribution in [2.45, 2.75) is 73.3 Å². The van der Waals surface area contributed by atoms with E-state index in [-0.39, 0.29) is 29.1 Å². The molecule has 0 aromatic carbocycles. The molecule has 0 aliphatic rings. The fourth-order valence-corrected chi connectivity index (χ4v) is 3.12. The Morgan fingerprint density at radius 1 is 1.24 bits per heavy atom. The lowest BCUT2D eigenvalue weighted by molar-refractivity contribution is -0.124. The normalized spacial score (nSPS) is 12.6. The summed E-state index contributed by atoms with van der Waals surface area (Å²) in [7, 11) is 0. The summed E-state index contributed by atoms with van der Waals surface area (Å²) >= 11 is 0. The highest BCUT2D eigenvalue weighted by Gasteiger charge is 2.34. The van der Waals surface area contributed by atoms with Gasteiger partial charge in [-0.3, -0.25) is 9.59 Å². The zero-order valence-electron chi connectivity index (χ0n) is 16.8. The molecule has 0 amide bonds. The molecule has 6 nitrogen and oxygen atoms in total. The number of carbonyl (C=O) groups is 2. The van der Waals surface area contributed by atoms with E-state index < -0.39 is 0 Å². The third-order valence-electron chi connectivity index (χ3n) is 4.22. The summed E-state index contributed by atoms with van der Waals surface area (Å²) in [6.07, 6.45) is 3.34. The van der Waals surface area contributed by atoms with Crippen molar-refractivity contribution in [2.24, 2.45) is 11.3 Å². The smallest absolute Gasteiger partial charge is 0.155 e. The van der Waals surface area contributed by atoms with Gasteiger partial charge in [-0.25, -0.2) is 4.68 Å². The van der Waals surface area contributed by atoms with E-state index in [0.717, 1.165) is 12.1 Å². The Hall–Kier alpha value is -1.56. The van der Waals surface area contributed by atoms with Crippen LogP contribution in [0.15, 0.2) is 6.20 Å². The van der Waals surface area contributed by atoms with Crippen LogP contribution in [0.4, 0.5) is 0 Å². The quantitative estimate of drug-likeness (QED) is 0.572. The number of ether oxygens (including phenoxy) is 1. The number of hydrogen-bond donors (Lipinski definition) is 0. The van der Waals surface area contributed by atoms with Gasteiger partial charge in [0, 0.05) is 24.0 Å². The number of hydrogen-bond acceptors (Lipinski definition) is 5. The van der Waals surface area contributed by atoms with E-state index in [2.05, 4.69) is 38.0 Å². The Bertz CT molecular complexity index is 588. The van der Waals surface area contributed by atoms with E-state index in [9.17, 15) is 9.59 Å². The van der Waals surface area contributed by atoms with Gasteiger partial charge in [0.25, 0.3) is 0 Å². The number of carbonyl (C=O) groups excluding carboxylic acids is 2. The van der Waals surface area contributed by atoms with Crippen molar-refractivity contribution in [1.29, 1.82) is 0 Å². The Balaban J connectivity index is 2.66. The molecule has 0 saturated carbocycles. The second kappa shape index (κ2) is 8.70. The lowest BCUT2D eigenvalue weighted by Crippen LogP contribution is -2.30. The minimum atomic E-state index is -0.181. The fraction of sp³-hybridized carbons (Fsp3) is 0.789. The van der Waals surface area contributed by atoms with Crippen molar-refractivity contribution in [3.05, 3.63) is 11.9 Å². The minimum absolute atomic E-state index is 0.0126. The lowest BCUT2D eigenvalue weighted by atomic mass is 9.70. The standard InChI is InChI=1S/C19H33N3O3/c1-14(2)16(24)10-18(4,5)13-19(6,7)17-11-22(21-20-17)8-9-25-12-15(3)23/h11,14H,8-10,12-13H2,1-7H3. The molecule has 0 saturated heterocycles. The molecule has 25 heavy (non-hydrogen) atoms. The molecule has 0 aliphatic carbocycles. The van der Waals surface area contributed by atoms with E-state index in [1.54, 1.807) is 4.68 Å². The van der Waals surface area contributed by atoms with E-state index >= 15 is 0 Å². The maximum atomic E-state index is 12.1. The van der Waals surface area contributed by atoms with Gasteiger partial charge in [0.2, 0.25) is 0 Å². The first-order valence-electron chi connectivity index (χ1n) is 8.93. The monoisotopic (exact) mass is 351 g/mol. The molecular formula is C19H33N3O3. The summed E-state index contributed by atoms with van der Waals surface area (Å²) in [5.41, 5.74) is 0.627. The first-order chi connectivity index (χ1) is 11.4. The van der Waals surface area contributed by atoms with E-state index in [0.29, 0.717) is 25.4 Å². The van der Waals surface area contributed by atoms with Crippen LogP contribution < -0.4 is 0 Å². The molecule has 142 valence electrons. The van der Waals surface area contributed by atoms with E-state index in [1.165, 1.54) is 6.92 Å². The van der Waals surface area contributed by atoms with Gasteiger partial charge in [0.1, 0.15) is 12.4 Å². The average molecular weight is 351 g/mol. The molecule has 0 unspecified atom stereocenters. The SMILES string of the molecule is CC(=O)COCCn1cc(C(C)(C)CC(C)(C)CC(=O)C(C)C)nn1. The fourth-order valence-electron chi connectivity index (χ4n) is 3.12. The summed E-state index contributed by atoms with van der Waals surface area (Å²) in [6, 6.07) is 0. The number of rotatable bonds is 11. The van der Waals surface area contributed by atoms with Crippen LogP contribution in [-0.2, 0) is 26.3 Å². The van der Waals surface area contributed by atoms with Gasteiger partial charge in [-0.2, -0.15) is 0 Å². The minimum Gasteiger partial charge on any atom is -0.372 e. The molecule has 0 radical (unpaired) electrons. The first-order valence-corrected chi connectivity index (χ1v) is 8.93. The van der Waals surface area contributed by atoms with Gasteiger partial charge in [0.05, 0.1) is 18.8 Å². The highest BCUT2D eigenvalue weighted by molar-refractivity contribution is 5.80. The molecule has 0 bridgehead atoms. The predicted octanol–water partition coefficient (Wildman–Crippen LogP) is 3.19. The number of aromatic nitrogens is 3. The largest absolute Gasteiger partial charge is 0.372 e. The predicted molar refractivity (Wildman–Crippen MR) is 97.4 cm³/mol. The number of Topliss-reactive ketones (excluding diaryl/α,β-unsaturated/α-hetero) is 2. The van der Waals surface area contributed by atoms with Gasteiger partial charge in [0.15, 0.2) is 5.78 Å². The zero-order chi connectivity index (χ0) is 19.3. The molecule has 1 aromatic heterocycles. The highest BCUT2D eigenvalue weighted by atomic mass is 16.5. The van der Waals surface area contributed by atoms with Crippen molar-refractivity contribution in [2.75, 3.05) is 13.2 Å². The number of nitrogens with zero attached hydrogens (tertiary/aromatic N) is 3. The molecule has 1 aromatic rings. The first kappa shape index (κ1) is 21.5. The van der Waals surface area contributed by atoms with Gasteiger partial charge >= 0.3 is 0 Å². The van der Waals surface area contributed by atoms with Crippen molar-refractivity contribution < 1.29 is 14.3 Å². The Morgan fingerprint density at radius 3 is 2.44 bits per heavy atom. The van der Waals surface area contributed by atoms with Crippen LogP contribution in [0.2, 0.25) is 0 Å². The van der Waals surface area contributed by atoms with Crippen LogP contribution in [0, 0.1) is 11.3 Å². The van der Waals surface area contributed by atoms with E-state index in [4.69, 9.17) is 4.74 Å². The summed E-state index contributed by atoms with van der Waals surface area (Å²) in [5.74, 6) is 0.379. The molecule has 6 heteroatoms. The molecule has 0 spiro atoms. The van der Waals surface area contributed by atoms with Crippen molar-refractivity contribution >= 4 is 11.6 Å². The van der Waals surface area contributed by atoms with Crippen LogP contribution >= 0.6 is 0 Å². The van der Waals surface area contributed by atoms with Crippen LogP contribution in [-0.4, -0.2) is 39.8 Å². The molecule has 1 heterocycles. The van der Waals surface area contributed by atoms with Crippen LogP contribution in [0.1, 0.15) is 67.0 Å². The van der Waals surface area contributed by atoms with Gasteiger partial charge in [-0.05, 0) is 18.8 Å². The van der Waals surface area contributed by atoms with Gasteiger partial charge < -0.3 is 4.74 Å². The van der Waals surface area contributed by atoms with Gasteiger partial charge in [-0.1, -0.05) is 46.8 Å². The molecule has 1 rings (SSSR count). The summed E-state index contributed by atoms with van der Waals surface area (Å²) in [6.45, 7) is 15.1. The van der Waals surface area contributed by atoms with Gasteiger partial charge in [-0.15, -0.1) is 5.10 Å². The van der Waals surface area contributed by atoms with Crippen LogP contribution in [0.25, 0.3) is 0 Å². The van der Waals surface area contributed by atoms with E-state index in [1.807, 2.05) is 20.0 Å².